The number of benzene rings is 1. The zero-order chi connectivity index (χ0) is 13.5. The molecule has 3 N–H and O–H groups in total. The zero-order valence-electron chi connectivity index (χ0n) is 11.0. The first-order valence-electron chi connectivity index (χ1n) is 6.66. The smallest absolute Gasteiger partial charge is 0.232 e. The number of nitrogens with one attached hydrogen (secondary N) is 2. The molecule has 0 spiro atoms. The van der Waals surface area contributed by atoms with Crippen molar-refractivity contribution in [3.63, 3.8) is 0 Å². The number of aliphatic hydroxyl groups excluding tert-OH is 1. The third-order valence-electron chi connectivity index (χ3n) is 4.23. The lowest BCUT2D eigenvalue weighted by Gasteiger charge is -2.38. The Morgan fingerprint density at radius 2 is 2.16 bits per heavy atom. The van der Waals surface area contributed by atoms with Crippen LogP contribution in [0.1, 0.15) is 25.0 Å². The summed E-state index contributed by atoms with van der Waals surface area (Å²) in [4.78, 5) is 15.6. The van der Waals surface area contributed by atoms with Crippen LogP contribution in [-0.4, -0.2) is 22.6 Å². The van der Waals surface area contributed by atoms with Crippen molar-refractivity contribution in [3.8, 4) is 0 Å². The Labute approximate surface area is 111 Å². The van der Waals surface area contributed by atoms with E-state index in [0.29, 0.717) is 0 Å². The molecule has 1 aromatic heterocycles. The molecule has 19 heavy (non-hydrogen) atoms. The number of anilines is 1. The number of rotatable bonds is 3. The summed E-state index contributed by atoms with van der Waals surface area (Å²) < 4.78 is 0. The second kappa shape index (κ2) is 4.38. The minimum Gasteiger partial charge on any atom is -0.395 e. The van der Waals surface area contributed by atoms with Crippen molar-refractivity contribution in [1.29, 1.82) is 0 Å². The number of carbonyl (C=O) groups is 1. The molecule has 1 aromatic carbocycles. The first kappa shape index (κ1) is 12.2. The van der Waals surface area contributed by atoms with E-state index in [0.717, 1.165) is 41.5 Å². The molecule has 2 aromatic rings. The second-order valence-electron chi connectivity index (χ2n) is 5.42. The van der Waals surface area contributed by atoms with Crippen LogP contribution in [0.4, 0.5) is 5.69 Å². The van der Waals surface area contributed by atoms with Crippen molar-refractivity contribution in [2.24, 2.45) is 5.41 Å². The van der Waals surface area contributed by atoms with Crippen molar-refractivity contribution >= 4 is 22.5 Å². The summed E-state index contributed by atoms with van der Waals surface area (Å²) in [7, 11) is 0. The summed E-state index contributed by atoms with van der Waals surface area (Å²) in [6.07, 6.45) is 2.56. The minimum atomic E-state index is -0.565. The van der Waals surface area contributed by atoms with Crippen LogP contribution in [0, 0.1) is 12.3 Å². The Morgan fingerprint density at radius 1 is 1.42 bits per heavy atom. The van der Waals surface area contributed by atoms with Crippen LogP contribution in [0.15, 0.2) is 24.3 Å². The van der Waals surface area contributed by atoms with Crippen molar-refractivity contribution in [1.82, 2.24) is 4.98 Å². The number of H-pyrrole nitrogens is 1. The van der Waals surface area contributed by atoms with E-state index >= 15 is 0 Å². The molecule has 3 rings (SSSR count). The van der Waals surface area contributed by atoms with E-state index in [-0.39, 0.29) is 12.5 Å². The molecule has 0 radical (unpaired) electrons. The normalized spacial score (nSPS) is 17.2. The molecule has 0 atom stereocenters. The maximum atomic E-state index is 12.4. The summed E-state index contributed by atoms with van der Waals surface area (Å²) in [5.41, 5.74) is 2.23. The standard InChI is InChI=1S/C15H18N2O2/c1-10-13(11-5-2-3-6-12(11)16-10)17-14(19)15(9-18)7-4-8-15/h2-3,5-6,16,18H,4,7-9H2,1H3,(H,17,19). The van der Waals surface area contributed by atoms with Gasteiger partial charge in [-0.05, 0) is 25.8 Å². The summed E-state index contributed by atoms with van der Waals surface area (Å²) in [5.74, 6) is -0.0610. The van der Waals surface area contributed by atoms with Gasteiger partial charge in [-0.25, -0.2) is 0 Å². The van der Waals surface area contributed by atoms with Crippen LogP contribution in [0.3, 0.4) is 0 Å². The molecule has 4 heteroatoms. The van der Waals surface area contributed by atoms with Gasteiger partial charge in [-0.2, -0.15) is 0 Å². The second-order valence-corrected chi connectivity index (χ2v) is 5.42. The molecule has 1 aliphatic carbocycles. The van der Waals surface area contributed by atoms with Gasteiger partial charge >= 0.3 is 0 Å². The Bertz CT molecular complexity index is 621. The Kier molecular flexibility index (Phi) is 2.82. The largest absolute Gasteiger partial charge is 0.395 e. The van der Waals surface area contributed by atoms with Crippen LogP contribution in [-0.2, 0) is 4.79 Å². The molecule has 1 heterocycles. The fourth-order valence-electron chi connectivity index (χ4n) is 2.74. The number of aryl methyl sites for hydroxylation is 1. The van der Waals surface area contributed by atoms with Gasteiger partial charge in [0.15, 0.2) is 0 Å². The molecule has 1 amide bonds. The van der Waals surface area contributed by atoms with E-state index in [1.165, 1.54) is 0 Å². The monoisotopic (exact) mass is 258 g/mol. The van der Waals surface area contributed by atoms with E-state index in [1.807, 2.05) is 31.2 Å². The fraction of sp³-hybridized carbons (Fsp3) is 0.400. The van der Waals surface area contributed by atoms with Crippen LogP contribution < -0.4 is 5.32 Å². The third-order valence-corrected chi connectivity index (χ3v) is 4.23. The number of fused-ring (bicyclic) bond motifs is 1. The average molecular weight is 258 g/mol. The number of para-hydroxylation sites is 1. The summed E-state index contributed by atoms with van der Waals surface area (Å²) in [6, 6.07) is 7.89. The molecule has 100 valence electrons. The number of carbonyl (C=O) groups excluding carboxylic acids is 1. The van der Waals surface area contributed by atoms with Crippen LogP contribution in [0.2, 0.25) is 0 Å². The molecule has 1 aliphatic rings. The van der Waals surface area contributed by atoms with Crippen molar-refractivity contribution in [2.75, 3.05) is 11.9 Å². The maximum absolute atomic E-state index is 12.4. The highest BCUT2D eigenvalue weighted by Crippen LogP contribution is 2.42. The van der Waals surface area contributed by atoms with Crippen molar-refractivity contribution < 1.29 is 9.90 Å². The molecule has 1 fully saturated rings. The summed E-state index contributed by atoms with van der Waals surface area (Å²) in [6.45, 7) is 1.88. The molecule has 4 nitrogen and oxygen atoms in total. The fourth-order valence-corrected chi connectivity index (χ4v) is 2.74. The van der Waals surface area contributed by atoms with Gasteiger partial charge in [0, 0.05) is 16.6 Å². The lowest BCUT2D eigenvalue weighted by molar-refractivity contribution is -0.133. The number of aromatic nitrogens is 1. The van der Waals surface area contributed by atoms with Gasteiger partial charge in [0.25, 0.3) is 0 Å². The Balaban J connectivity index is 1.93. The van der Waals surface area contributed by atoms with Crippen LogP contribution >= 0.6 is 0 Å². The Morgan fingerprint density at radius 3 is 2.79 bits per heavy atom. The molecular weight excluding hydrogens is 240 g/mol. The molecule has 0 bridgehead atoms. The van der Waals surface area contributed by atoms with Gasteiger partial charge in [0.2, 0.25) is 5.91 Å². The van der Waals surface area contributed by atoms with E-state index in [1.54, 1.807) is 0 Å². The molecule has 0 aliphatic heterocycles. The van der Waals surface area contributed by atoms with Crippen LogP contribution in [0.25, 0.3) is 10.9 Å². The van der Waals surface area contributed by atoms with Gasteiger partial charge in [-0.15, -0.1) is 0 Å². The van der Waals surface area contributed by atoms with Crippen LogP contribution in [0.5, 0.6) is 0 Å². The first-order chi connectivity index (χ1) is 9.16. The topological polar surface area (TPSA) is 65.1 Å². The molecular formula is C15H18N2O2. The van der Waals surface area contributed by atoms with E-state index in [2.05, 4.69) is 10.3 Å². The van der Waals surface area contributed by atoms with Gasteiger partial charge in [-0.3, -0.25) is 4.79 Å². The highest BCUT2D eigenvalue weighted by atomic mass is 16.3. The molecule has 0 unspecified atom stereocenters. The molecule has 0 saturated heterocycles. The minimum absolute atomic E-state index is 0.0610. The molecule has 1 saturated carbocycles. The average Bonchev–Trinajstić information content (AvgIpc) is 2.66. The number of hydrogen-bond acceptors (Lipinski definition) is 2. The summed E-state index contributed by atoms with van der Waals surface area (Å²) >= 11 is 0. The highest BCUT2D eigenvalue weighted by molar-refractivity contribution is 6.05. The first-order valence-corrected chi connectivity index (χ1v) is 6.66. The van der Waals surface area contributed by atoms with Crippen molar-refractivity contribution in [3.05, 3.63) is 30.0 Å². The van der Waals surface area contributed by atoms with E-state index in [9.17, 15) is 9.90 Å². The number of aliphatic hydroxyl groups is 1. The number of amides is 1. The highest BCUT2D eigenvalue weighted by Gasteiger charge is 2.43. The van der Waals surface area contributed by atoms with Gasteiger partial charge in [-0.1, -0.05) is 24.6 Å². The van der Waals surface area contributed by atoms with E-state index in [4.69, 9.17) is 0 Å². The Hall–Kier alpha value is -1.81. The third kappa shape index (κ3) is 1.83. The number of aromatic amines is 1. The van der Waals surface area contributed by atoms with E-state index < -0.39 is 5.41 Å². The quantitative estimate of drug-likeness (QED) is 0.792. The predicted molar refractivity (Wildman–Crippen MR) is 75.0 cm³/mol. The summed E-state index contributed by atoms with van der Waals surface area (Å²) in [5, 5.41) is 13.5. The lowest BCUT2D eigenvalue weighted by Crippen LogP contribution is -2.44. The SMILES string of the molecule is Cc1[nH]c2ccccc2c1NC(=O)C1(CO)CCC1. The van der Waals surface area contributed by atoms with Crippen molar-refractivity contribution in [2.45, 2.75) is 26.2 Å². The number of hydrogen-bond donors (Lipinski definition) is 3. The predicted octanol–water partition coefficient (Wildman–Crippen LogP) is 2.58. The maximum Gasteiger partial charge on any atom is 0.232 e. The lowest BCUT2D eigenvalue weighted by atomic mass is 9.68. The van der Waals surface area contributed by atoms with Gasteiger partial charge < -0.3 is 15.4 Å². The van der Waals surface area contributed by atoms with Gasteiger partial charge in [0.05, 0.1) is 17.7 Å². The van der Waals surface area contributed by atoms with Gasteiger partial charge in [0.1, 0.15) is 0 Å². The zero-order valence-corrected chi connectivity index (χ0v) is 11.0.